The van der Waals surface area contributed by atoms with Gasteiger partial charge in [-0.1, -0.05) is 0 Å². The molecular weight excluding hydrogens is 246 g/mol. The maximum Gasteiger partial charge on any atom is 0.239 e. The summed E-state index contributed by atoms with van der Waals surface area (Å²) in [4.78, 5) is 16.5. The second kappa shape index (κ2) is 6.78. The summed E-state index contributed by atoms with van der Waals surface area (Å²) in [5, 5.41) is 0. The zero-order valence-electron chi connectivity index (χ0n) is 12.1. The molecule has 4 nitrogen and oxygen atoms in total. The van der Waals surface area contributed by atoms with E-state index in [1.165, 1.54) is 0 Å². The van der Waals surface area contributed by atoms with Crippen LogP contribution >= 0.6 is 11.8 Å². The van der Waals surface area contributed by atoms with Crippen LogP contribution in [0.15, 0.2) is 0 Å². The van der Waals surface area contributed by atoms with Gasteiger partial charge in [0.2, 0.25) is 5.91 Å². The lowest BCUT2D eigenvalue weighted by Gasteiger charge is -2.42. The van der Waals surface area contributed by atoms with Gasteiger partial charge in [0.15, 0.2) is 0 Å². The highest BCUT2D eigenvalue weighted by Gasteiger charge is 2.29. The number of rotatable bonds is 4. The molecule has 0 aromatic heterocycles. The van der Waals surface area contributed by atoms with Crippen molar-refractivity contribution in [3.05, 3.63) is 0 Å². The Balaban J connectivity index is 2.40. The molecule has 106 valence electrons. The van der Waals surface area contributed by atoms with Crippen molar-refractivity contribution in [3.63, 3.8) is 0 Å². The lowest BCUT2D eigenvalue weighted by atomic mass is 10.0. The number of thioether (sulfide) groups is 1. The minimum atomic E-state index is -0.321. The minimum absolute atomic E-state index is 0.123. The molecule has 1 amide bonds. The summed E-state index contributed by atoms with van der Waals surface area (Å²) in [5.41, 5.74) is 6.13. The van der Waals surface area contributed by atoms with Crippen molar-refractivity contribution in [3.8, 4) is 0 Å². The molecule has 0 aromatic rings. The fourth-order valence-corrected chi connectivity index (χ4v) is 2.69. The maximum absolute atomic E-state index is 12.1. The number of carbonyl (C=O) groups excluding carboxylic acids is 1. The molecule has 0 aliphatic carbocycles. The van der Waals surface area contributed by atoms with E-state index in [0.29, 0.717) is 0 Å². The van der Waals surface area contributed by atoms with Crippen LogP contribution < -0.4 is 5.73 Å². The summed E-state index contributed by atoms with van der Waals surface area (Å²) < 4.78 is 0. The van der Waals surface area contributed by atoms with Crippen LogP contribution in [0.25, 0.3) is 0 Å². The van der Waals surface area contributed by atoms with Gasteiger partial charge in [-0.05, 0) is 39.2 Å². The number of hydrogen-bond acceptors (Lipinski definition) is 4. The van der Waals surface area contributed by atoms with E-state index in [1.54, 1.807) is 11.8 Å². The molecule has 2 N–H and O–H groups in total. The number of nitrogens with two attached hydrogens (primary N) is 1. The molecule has 1 rings (SSSR count). The smallest absolute Gasteiger partial charge is 0.239 e. The molecule has 1 saturated heterocycles. The summed E-state index contributed by atoms with van der Waals surface area (Å²) in [5.74, 6) is 1.08. The van der Waals surface area contributed by atoms with E-state index < -0.39 is 0 Å². The van der Waals surface area contributed by atoms with Crippen molar-refractivity contribution in [1.29, 1.82) is 0 Å². The summed E-state index contributed by atoms with van der Waals surface area (Å²) in [7, 11) is 0. The summed E-state index contributed by atoms with van der Waals surface area (Å²) in [6, 6.07) is -0.321. The second-order valence-electron chi connectivity index (χ2n) is 5.87. The first-order valence-corrected chi connectivity index (χ1v) is 8.04. The Morgan fingerprint density at radius 1 is 1.28 bits per heavy atom. The maximum atomic E-state index is 12.1. The molecule has 0 unspecified atom stereocenters. The lowest BCUT2D eigenvalue weighted by Crippen LogP contribution is -2.57. The van der Waals surface area contributed by atoms with E-state index in [0.717, 1.165) is 38.4 Å². The molecule has 0 aromatic carbocycles. The van der Waals surface area contributed by atoms with Crippen molar-refractivity contribution < 1.29 is 4.79 Å². The zero-order chi connectivity index (χ0) is 13.8. The van der Waals surface area contributed by atoms with Crippen LogP contribution in [0.1, 0.15) is 27.2 Å². The normalized spacial score (nSPS) is 19.9. The highest BCUT2D eigenvalue weighted by Crippen LogP contribution is 2.16. The number of nitrogens with zero attached hydrogens (tertiary/aromatic N) is 2. The summed E-state index contributed by atoms with van der Waals surface area (Å²) >= 11 is 1.74. The van der Waals surface area contributed by atoms with Crippen molar-refractivity contribution in [2.24, 2.45) is 5.73 Å². The number of carbonyl (C=O) groups is 1. The monoisotopic (exact) mass is 273 g/mol. The third-order valence-corrected chi connectivity index (χ3v) is 4.13. The largest absolute Gasteiger partial charge is 0.339 e. The Morgan fingerprint density at radius 2 is 1.83 bits per heavy atom. The topological polar surface area (TPSA) is 49.6 Å². The minimum Gasteiger partial charge on any atom is -0.339 e. The summed E-state index contributed by atoms with van der Waals surface area (Å²) in [6.45, 7) is 10.2. The van der Waals surface area contributed by atoms with Crippen molar-refractivity contribution in [2.75, 3.05) is 38.2 Å². The van der Waals surface area contributed by atoms with Crippen LogP contribution in [0.5, 0.6) is 0 Å². The Bertz CT molecular complexity index is 270. The number of hydrogen-bond donors (Lipinski definition) is 1. The number of amides is 1. The molecule has 0 spiro atoms. The molecule has 1 aliphatic heterocycles. The average Bonchev–Trinajstić information content (AvgIpc) is 2.34. The highest BCUT2D eigenvalue weighted by molar-refractivity contribution is 7.98. The number of piperazine rings is 1. The Hall–Kier alpha value is -0.260. The average molecular weight is 273 g/mol. The van der Waals surface area contributed by atoms with Crippen LogP contribution in [0.3, 0.4) is 0 Å². The second-order valence-corrected chi connectivity index (χ2v) is 6.86. The first-order chi connectivity index (χ1) is 8.36. The van der Waals surface area contributed by atoms with Crippen molar-refractivity contribution >= 4 is 17.7 Å². The predicted octanol–water partition coefficient (Wildman–Crippen LogP) is 1.01. The fraction of sp³-hybridized carbons (Fsp3) is 0.923. The van der Waals surface area contributed by atoms with Gasteiger partial charge < -0.3 is 10.6 Å². The molecule has 1 heterocycles. The first kappa shape index (κ1) is 15.8. The molecule has 1 atom stereocenters. The Kier molecular flexibility index (Phi) is 5.95. The highest BCUT2D eigenvalue weighted by atomic mass is 32.2. The van der Waals surface area contributed by atoms with E-state index in [9.17, 15) is 4.79 Å². The van der Waals surface area contributed by atoms with Crippen molar-refractivity contribution in [1.82, 2.24) is 9.80 Å². The molecule has 0 radical (unpaired) electrons. The SMILES string of the molecule is CSCC[C@H](N)C(=O)N1CCN(C(C)(C)C)CC1. The molecule has 1 aliphatic rings. The van der Waals surface area contributed by atoms with Gasteiger partial charge in [0.25, 0.3) is 0 Å². The van der Waals surface area contributed by atoms with Gasteiger partial charge in [-0.2, -0.15) is 11.8 Å². The Morgan fingerprint density at radius 3 is 2.28 bits per heavy atom. The van der Waals surface area contributed by atoms with Crippen LogP contribution in [0.2, 0.25) is 0 Å². The molecule has 0 saturated carbocycles. The lowest BCUT2D eigenvalue weighted by molar-refractivity contribution is -0.135. The van der Waals surface area contributed by atoms with Crippen molar-refractivity contribution in [2.45, 2.75) is 38.8 Å². The molecule has 0 bridgehead atoms. The fourth-order valence-electron chi connectivity index (χ4n) is 2.20. The predicted molar refractivity (Wildman–Crippen MR) is 78.9 cm³/mol. The molecule has 1 fully saturated rings. The van der Waals surface area contributed by atoms with Gasteiger partial charge in [0, 0.05) is 31.7 Å². The van der Waals surface area contributed by atoms with E-state index >= 15 is 0 Å². The van der Waals surface area contributed by atoms with E-state index in [2.05, 4.69) is 25.7 Å². The third-order valence-electron chi connectivity index (χ3n) is 3.49. The first-order valence-electron chi connectivity index (χ1n) is 6.64. The third kappa shape index (κ3) is 4.44. The quantitative estimate of drug-likeness (QED) is 0.830. The molecule has 5 heteroatoms. The van der Waals surface area contributed by atoms with E-state index in [1.807, 2.05) is 11.2 Å². The molecular formula is C13H27N3OS. The standard InChI is InChI=1S/C13H27N3OS/c1-13(2,3)16-8-6-15(7-9-16)12(17)11(14)5-10-18-4/h11H,5-10,14H2,1-4H3/t11-/m0/s1. The summed E-state index contributed by atoms with van der Waals surface area (Å²) in [6.07, 6.45) is 2.82. The van der Waals surface area contributed by atoms with Crippen LogP contribution in [-0.2, 0) is 4.79 Å². The van der Waals surface area contributed by atoms with Crippen LogP contribution in [0.4, 0.5) is 0 Å². The van der Waals surface area contributed by atoms with Crippen LogP contribution in [-0.4, -0.2) is 65.5 Å². The zero-order valence-corrected chi connectivity index (χ0v) is 12.9. The van der Waals surface area contributed by atoms with Gasteiger partial charge in [0.1, 0.15) is 0 Å². The Labute approximate surface area is 115 Å². The van der Waals surface area contributed by atoms with Crippen LogP contribution in [0, 0.1) is 0 Å². The van der Waals surface area contributed by atoms with E-state index in [-0.39, 0.29) is 17.5 Å². The van der Waals surface area contributed by atoms with Gasteiger partial charge in [-0.3, -0.25) is 9.69 Å². The van der Waals surface area contributed by atoms with Gasteiger partial charge in [-0.25, -0.2) is 0 Å². The molecule has 18 heavy (non-hydrogen) atoms. The van der Waals surface area contributed by atoms with Gasteiger partial charge in [0.05, 0.1) is 6.04 Å². The van der Waals surface area contributed by atoms with Gasteiger partial charge >= 0.3 is 0 Å². The van der Waals surface area contributed by atoms with Gasteiger partial charge in [-0.15, -0.1) is 0 Å². The van der Waals surface area contributed by atoms with E-state index in [4.69, 9.17) is 5.73 Å².